The van der Waals surface area contributed by atoms with E-state index in [2.05, 4.69) is 0 Å². The third-order valence-corrected chi connectivity index (χ3v) is 5.68. The van der Waals surface area contributed by atoms with Gasteiger partial charge in [0, 0.05) is 17.7 Å². The molecule has 8 nitrogen and oxygen atoms in total. The molecule has 8 heteroatoms. The number of hydrogen-bond acceptors (Lipinski definition) is 8. The van der Waals surface area contributed by atoms with E-state index in [1.54, 1.807) is 18.2 Å². The van der Waals surface area contributed by atoms with Crippen LogP contribution in [0.15, 0.2) is 18.2 Å². The highest BCUT2D eigenvalue weighted by Gasteiger charge is 2.45. The van der Waals surface area contributed by atoms with E-state index in [9.17, 15) is 15.0 Å². The van der Waals surface area contributed by atoms with Crippen molar-refractivity contribution in [1.29, 1.82) is 0 Å². The molecule has 29 heavy (non-hydrogen) atoms. The summed E-state index contributed by atoms with van der Waals surface area (Å²) < 4.78 is 22.0. The van der Waals surface area contributed by atoms with Crippen LogP contribution in [0.1, 0.15) is 39.2 Å². The first-order valence-corrected chi connectivity index (χ1v) is 9.20. The van der Waals surface area contributed by atoms with Crippen LogP contribution >= 0.6 is 0 Å². The lowest BCUT2D eigenvalue weighted by Crippen LogP contribution is -2.36. The Morgan fingerprint density at radius 2 is 1.83 bits per heavy atom. The zero-order valence-corrected chi connectivity index (χ0v) is 16.7. The van der Waals surface area contributed by atoms with Gasteiger partial charge in [-0.2, -0.15) is 0 Å². The molecule has 2 atom stereocenters. The van der Waals surface area contributed by atoms with Gasteiger partial charge in [0.1, 0.15) is 11.7 Å². The molecule has 0 saturated heterocycles. The molecule has 0 unspecified atom stereocenters. The van der Waals surface area contributed by atoms with Crippen LogP contribution in [0, 0.1) is 0 Å². The first-order valence-electron chi connectivity index (χ1n) is 9.20. The SMILES string of the molecule is COc1ccc2c(c1OC)C(=O)O[C@@H]2[C@H]1c2c(cc(O)c(O)c2OC)CCN1C. The Bertz CT molecular complexity index is 988. The molecule has 2 aliphatic rings. The predicted molar refractivity (Wildman–Crippen MR) is 103 cm³/mol. The Hall–Kier alpha value is -3.13. The van der Waals surface area contributed by atoms with Crippen molar-refractivity contribution in [3.05, 3.63) is 40.5 Å². The lowest BCUT2D eigenvalue weighted by molar-refractivity contribution is 0.00869. The smallest absolute Gasteiger partial charge is 0.343 e. The van der Waals surface area contributed by atoms with Crippen molar-refractivity contribution < 1.29 is 34.0 Å². The number of methoxy groups -OCH3 is 3. The Morgan fingerprint density at radius 3 is 2.48 bits per heavy atom. The second-order valence-corrected chi connectivity index (χ2v) is 7.12. The van der Waals surface area contributed by atoms with Crippen LogP contribution in [0.2, 0.25) is 0 Å². The normalized spacial score (nSPS) is 20.6. The van der Waals surface area contributed by atoms with Crippen LogP contribution in [-0.2, 0) is 11.2 Å². The maximum atomic E-state index is 12.8. The third-order valence-electron chi connectivity index (χ3n) is 5.68. The van der Waals surface area contributed by atoms with Crippen molar-refractivity contribution in [1.82, 2.24) is 4.90 Å². The molecule has 0 aliphatic carbocycles. The number of fused-ring (bicyclic) bond motifs is 2. The summed E-state index contributed by atoms with van der Waals surface area (Å²) in [6.45, 7) is 0.682. The number of aromatic hydroxyl groups is 2. The standard InChI is InChI=1S/C21H23NO7/c1-22-8-7-10-9-12(23)17(24)20(28-4)14(10)16(22)18-11-5-6-13(26-2)19(27-3)15(11)21(25)29-18/h5-6,9,16,18,23-24H,7-8H2,1-4H3/t16-,18+/m1/s1. The van der Waals surface area contributed by atoms with Gasteiger partial charge in [0.05, 0.1) is 27.4 Å². The summed E-state index contributed by atoms with van der Waals surface area (Å²) in [4.78, 5) is 14.8. The molecule has 4 rings (SSSR count). The van der Waals surface area contributed by atoms with Crippen LogP contribution in [0.3, 0.4) is 0 Å². The number of phenols is 2. The quantitative estimate of drug-likeness (QED) is 0.596. The number of phenolic OH excluding ortho intramolecular Hbond substituents is 2. The first-order chi connectivity index (χ1) is 13.9. The van der Waals surface area contributed by atoms with E-state index in [1.807, 2.05) is 11.9 Å². The van der Waals surface area contributed by atoms with Crippen molar-refractivity contribution in [2.24, 2.45) is 0 Å². The van der Waals surface area contributed by atoms with Gasteiger partial charge in [-0.15, -0.1) is 0 Å². The Morgan fingerprint density at radius 1 is 1.10 bits per heavy atom. The van der Waals surface area contributed by atoms with Crippen LogP contribution in [-0.4, -0.2) is 56.0 Å². The average Bonchev–Trinajstić information content (AvgIpc) is 3.05. The van der Waals surface area contributed by atoms with Crippen molar-refractivity contribution >= 4 is 5.97 Å². The van der Waals surface area contributed by atoms with E-state index in [-0.39, 0.29) is 17.2 Å². The van der Waals surface area contributed by atoms with Gasteiger partial charge in [-0.05, 0) is 31.2 Å². The minimum absolute atomic E-state index is 0.182. The summed E-state index contributed by atoms with van der Waals surface area (Å²) >= 11 is 0. The number of cyclic esters (lactones) is 1. The molecule has 0 spiro atoms. The number of esters is 1. The highest BCUT2D eigenvalue weighted by molar-refractivity contribution is 5.98. The monoisotopic (exact) mass is 401 g/mol. The molecule has 0 bridgehead atoms. The van der Waals surface area contributed by atoms with E-state index in [0.29, 0.717) is 41.2 Å². The molecule has 2 aromatic carbocycles. The fourth-order valence-corrected chi connectivity index (χ4v) is 4.34. The second kappa shape index (κ2) is 7.04. The van der Waals surface area contributed by atoms with Crippen molar-refractivity contribution in [2.45, 2.75) is 18.6 Å². The minimum Gasteiger partial charge on any atom is -0.504 e. The Balaban J connectivity index is 1.91. The molecule has 0 aromatic heterocycles. The van der Waals surface area contributed by atoms with Crippen molar-refractivity contribution in [2.75, 3.05) is 34.9 Å². The zero-order chi connectivity index (χ0) is 20.9. The molecule has 0 amide bonds. The summed E-state index contributed by atoms with van der Waals surface area (Å²) in [5, 5.41) is 20.4. The molecule has 2 aliphatic heterocycles. The first kappa shape index (κ1) is 19.2. The van der Waals surface area contributed by atoms with Gasteiger partial charge in [-0.25, -0.2) is 4.79 Å². The number of rotatable bonds is 4. The van der Waals surface area contributed by atoms with E-state index in [1.165, 1.54) is 21.3 Å². The number of benzene rings is 2. The summed E-state index contributed by atoms with van der Waals surface area (Å²) in [6.07, 6.45) is 0.0191. The van der Waals surface area contributed by atoms with Crippen LogP contribution < -0.4 is 14.2 Å². The van der Waals surface area contributed by atoms with Gasteiger partial charge in [-0.1, -0.05) is 6.07 Å². The van der Waals surface area contributed by atoms with Gasteiger partial charge >= 0.3 is 5.97 Å². The average molecular weight is 401 g/mol. The highest BCUT2D eigenvalue weighted by atomic mass is 16.6. The van der Waals surface area contributed by atoms with Crippen molar-refractivity contribution in [3.63, 3.8) is 0 Å². The number of carbonyl (C=O) groups excluding carboxylic acids is 1. The maximum Gasteiger partial charge on any atom is 0.343 e. The molecule has 2 N–H and O–H groups in total. The van der Waals surface area contributed by atoms with Crippen molar-refractivity contribution in [3.8, 4) is 28.7 Å². The number of likely N-dealkylation sites (N-methyl/N-ethyl adjacent to an activating group) is 1. The summed E-state index contributed by atoms with van der Waals surface area (Å²) in [6, 6.07) is 4.66. The largest absolute Gasteiger partial charge is 0.504 e. The maximum absolute atomic E-state index is 12.8. The number of hydrogen-bond donors (Lipinski definition) is 2. The summed E-state index contributed by atoms with van der Waals surface area (Å²) in [5.74, 6) is -0.106. The third kappa shape index (κ3) is 2.74. The molecule has 0 radical (unpaired) electrons. The predicted octanol–water partition coefficient (Wildman–Crippen LogP) is 2.56. The molecule has 2 aromatic rings. The van der Waals surface area contributed by atoms with Crippen LogP contribution in [0.5, 0.6) is 28.7 Å². The second-order valence-electron chi connectivity index (χ2n) is 7.12. The Kier molecular flexibility index (Phi) is 4.66. The number of nitrogens with zero attached hydrogens (tertiary/aromatic N) is 1. The van der Waals surface area contributed by atoms with Crippen LogP contribution in [0.4, 0.5) is 0 Å². The lowest BCUT2D eigenvalue weighted by Gasteiger charge is -2.38. The van der Waals surface area contributed by atoms with Gasteiger partial charge in [0.2, 0.25) is 5.75 Å². The fourth-order valence-electron chi connectivity index (χ4n) is 4.34. The molecule has 2 heterocycles. The zero-order valence-electron chi connectivity index (χ0n) is 16.7. The van der Waals surface area contributed by atoms with Crippen LogP contribution in [0.25, 0.3) is 0 Å². The lowest BCUT2D eigenvalue weighted by atomic mass is 9.85. The molecule has 0 saturated carbocycles. The fraction of sp³-hybridized carbons (Fsp3) is 0.381. The Labute approximate surface area is 168 Å². The van der Waals surface area contributed by atoms with Gasteiger partial charge in [0.15, 0.2) is 23.0 Å². The summed E-state index contributed by atoms with van der Waals surface area (Å²) in [5.41, 5.74) is 2.54. The van der Waals surface area contributed by atoms with E-state index in [0.717, 1.165) is 5.56 Å². The molecular formula is C21H23NO7. The minimum atomic E-state index is -0.640. The van der Waals surface area contributed by atoms with E-state index >= 15 is 0 Å². The highest BCUT2D eigenvalue weighted by Crippen LogP contribution is 2.53. The summed E-state index contributed by atoms with van der Waals surface area (Å²) in [7, 11) is 6.34. The number of ether oxygens (including phenoxy) is 4. The molecule has 154 valence electrons. The van der Waals surface area contributed by atoms with Gasteiger partial charge in [0.25, 0.3) is 0 Å². The topological polar surface area (TPSA) is 97.7 Å². The van der Waals surface area contributed by atoms with E-state index < -0.39 is 18.1 Å². The molecule has 0 fully saturated rings. The van der Waals surface area contributed by atoms with Gasteiger partial charge in [-0.3, -0.25) is 4.90 Å². The van der Waals surface area contributed by atoms with E-state index in [4.69, 9.17) is 18.9 Å². The van der Waals surface area contributed by atoms with Gasteiger partial charge < -0.3 is 29.2 Å². The molecular weight excluding hydrogens is 378 g/mol. The number of carbonyl (C=O) groups is 1.